The standard InChI is InChI=1S/C19H11ClFNO2/c20-11-5-7-13-15(19(23)22-17(13)9-11)10-12-6-8-18(24-12)14-3-1-2-4-16(14)21/h1-10H,(H,22,23)/b15-10-. The molecule has 0 saturated carbocycles. The maximum Gasteiger partial charge on any atom is 0.256 e. The SMILES string of the molecule is O=C1Nc2cc(Cl)ccc2/C1=C/c1ccc(-c2ccccc2F)o1. The van der Waals surface area contributed by atoms with Crippen LogP contribution in [0.5, 0.6) is 0 Å². The molecule has 24 heavy (non-hydrogen) atoms. The fraction of sp³-hybridized carbons (Fsp3) is 0. The summed E-state index contributed by atoms with van der Waals surface area (Å²) in [7, 11) is 0. The quantitative estimate of drug-likeness (QED) is 0.649. The van der Waals surface area contributed by atoms with Crippen LogP contribution < -0.4 is 5.32 Å². The van der Waals surface area contributed by atoms with E-state index in [4.69, 9.17) is 16.0 Å². The Morgan fingerprint density at radius 3 is 2.71 bits per heavy atom. The predicted octanol–water partition coefficient (Wildman–Crippen LogP) is 5.23. The molecule has 3 nitrogen and oxygen atoms in total. The molecule has 1 aromatic heterocycles. The molecule has 0 radical (unpaired) electrons. The highest BCUT2D eigenvalue weighted by Crippen LogP contribution is 2.35. The lowest BCUT2D eigenvalue weighted by molar-refractivity contribution is -0.110. The molecule has 2 aromatic carbocycles. The lowest BCUT2D eigenvalue weighted by atomic mass is 10.1. The number of hydrogen-bond donors (Lipinski definition) is 1. The van der Waals surface area contributed by atoms with Crippen LogP contribution in [0, 0.1) is 5.82 Å². The Kier molecular flexibility index (Phi) is 3.47. The van der Waals surface area contributed by atoms with Crippen LogP contribution in [0.25, 0.3) is 23.0 Å². The number of anilines is 1. The molecule has 1 aliphatic rings. The minimum absolute atomic E-state index is 0.226. The smallest absolute Gasteiger partial charge is 0.256 e. The molecule has 0 fully saturated rings. The van der Waals surface area contributed by atoms with Crippen LogP contribution in [0.1, 0.15) is 11.3 Å². The molecule has 0 bridgehead atoms. The van der Waals surface area contributed by atoms with Gasteiger partial charge in [0.1, 0.15) is 17.3 Å². The molecular formula is C19H11ClFNO2. The van der Waals surface area contributed by atoms with Crippen LogP contribution in [0.3, 0.4) is 0 Å². The van der Waals surface area contributed by atoms with E-state index in [0.29, 0.717) is 33.4 Å². The molecule has 1 aliphatic heterocycles. The number of rotatable bonds is 2. The third-order valence-corrected chi connectivity index (χ3v) is 4.05. The Morgan fingerprint density at radius 2 is 1.88 bits per heavy atom. The summed E-state index contributed by atoms with van der Waals surface area (Å²) in [4.78, 5) is 12.2. The summed E-state index contributed by atoms with van der Waals surface area (Å²) in [5.41, 5.74) is 2.29. The molecule has 0 spiro atoms. The van der Waals surface area contributed by atoms with Crippen molar-refractivity contribution < 1.29 is 13.6 Å². The molecule has 3 aromatic rings. The van der Waals surface area contributed by atoms with Crippen molar-refractivity contribution in [1.82, 2.24) is 0 Å². The monoisotopic (exact) mass is 339 g/mol. The normalized spacial score (nSPS) is 14.8. The second kappa shape index (κ2) is 5.65. The summed E-state index contributed by atoms with van der Waals surface area (Å²) in [5, 5.41) is 3.31. The van der Waals surface area contributed by atoms with E-state index in [-0.39, 0.29) is 11.7 Å². The number of benzene rings is 2. The first kappa shape index (κ1) is 14.7. The number of furan rings is 1. The number of amides is 1. The first-order valence-electron chi connectivity index (χ1n) is 7.29. The summed E-state index contributed by atoms with van der Waals surface area (Å²) in [6.45, 7) is 0. The summed E-state index contributed by atoms with van der Waals surface area (Å²) in [6, 6.07) is 15.0. The molecule has 118 valence electrons. The van der Waals surface area contributed by atoms with Gasteiger partial charge in [-0.1, -0.05) is 29.8 Å². The minimum Gasteiger partial charge on any atom is -0.457 e. The molecule has 0 saturated heterocycles. The van der Waals surface area contributed by atoms with Gasteiger partial charge in [0.15, 0.2) is 0 Å². The van der Waals surface area contributed by atoms with Gasteiger partial charge in [-0.25, -0.2) is 4.39 Å². The number of carbonyl (C=O) groups is 1. The van der Waals surface area contributed by atoms with Gasteiger partial charge in [-0.2, -0.15) is 0 Å². The van der Waals surface area contributed by atoms with Crippen molar-refractivity contribution in [3.8, 4) is 11.3 Å². The van der Waals surface area contributed by atoms with Crippen LogP contribution in [-0.2, 0) is 4.79 Å². The van der Waals surface area contributed by atoms with Crippen LogP contribution >= 0.6 is 11.6 Å². The van der Waals surface area contributed by atoms with E-state index in [9.17, 15) is 9.18 Å². The summed E-state index contributed by atoms with van der Waals surface area (Å²) in [6.07, 6.45) is 1.64. The average Bonchev–Trinajstić information content (AvgIpc) is 3.13. The Labute approximate surface area is 142 Å². The molecule has 5 heteroatoms. The number of halogens is 2. The average molecular weight is 340 g/mol. The predicted molar refractivity (Wildman–Crippen MR) is 92.1 cm³/mol. The number of carbonyl (C=O) groups excluding carboxylic acids is 1. The molecule has 2 heterocycles. The second-order valence-electron chi connectivity index (χ2n) is 5.38. The maximum atomic E-state index is 13.8. The van der Waals surface area contributed by atoms with Gasteiger partial charge in [0.05, 0.1) is 16.8 Å². The van der Waals surface area contributed by atoms with Crippen molar-refractivity contribution in [2.24, 2.45) is 0 Å². The maximum absolute atomic E-state index is 13.8. The highest BCUT2D eigenvalue weighted by atomic mass is 35.5. The van der Waals surface area contributed by atoms with Crippen molar-refractivity contribution in [3.05, 3.63) is 76.8 Å². The van der Waals surface area contributed by atoms with E-state index in [1.165, 1.54) is 6.07 Å². The summed E-state index contributed by atoms with van der Waals surface area (Å²) in [5.74, 6) is 0.302. The fourth-order valence-electron chi connectivity index (χ4n) is 2.69. The minimum atomic E-state index is -0.357. The van der Waals surface area contributed by atoms with Crippen molar-refractivity contribution in [2.45, 2.75) is 0 Å². The van der Waals surface area contributed by atoms with Crippen LogP contribution in [0.15, 0.2) is 59.0 Å². The highest BCUT2D eigenvalue weighted by molar-refractivity contribution is 6.36. The Balaban J connectivity index is 1.73. The highest BCUT2D eigenvalue weighted by Gasteiger charge is 2.24. The van der Waals surface area contributed by atoms with Crippen LogP contribution in [0.4, 0.5) is 10.1 Å². The number of hydrogen-bond acceptors (Lipinski definition) is 2. The zero-order chi connectivity index (χ0) is 16.7. The van der Waals surface area contributed by atoms with Gasteiger partial charge in [-0.3, -0.25) is 4.79 Å². The lowest BCUT2D eigenvalue weighted by Crippen LogP contribution is -2.03. The van der Waals surface area contributed by atoms with E-state index >= 15 is 0 Å². The second-order valence-corrected chi connectivity index (χ2v) is 5.82. The Hall–Kier alpha value is -2.85. The van der Waals surface area contributed by atoms with Crippen LogP contribution in [-0.4, -0.2) is 5.91 Å². The molecule has 0 unspecified atom stereocenters. The lowest BCUT2D eigenvalue weighted by Gasteiger charge is -1.99. The molecule has 1 amide bonds. The largest absolute Gasteiger partial charge is 0.457 e. The Bertz CT molecular complexity index is 991. The third-order valence-electron chi connectivity index (χ3n) is 3.82. The summed E-state index contributed by atoms with van der Waals surface area (Å²) >= 11 is 5.94. The van der Waals surface area contributed by atoms with Gasteiger partial charge < -0.3 is 9.73 Å². The van der Waals surface area contributed by atoms with Crippen molar-refractivity contribution in [3.63, 3.8) is 0 Å². The van der Waals surface area contributed by atoms with Gasteiger partial charge in [-0.15, -0.1) is 0 Å². The fourth-order valence-corrected chi connectivity index (χ4v) is 2.86. The first-order valence-corrected chi connectivity index (χ1v) is 7.67. The first-order chi connectivity index (χ1) is 11.6. The van der Waals surface area contributed by atoms with E-state index in [1.807, 2.05) is 0 Å². The van der Waals surface area contributed by atoms with Gasteiger partial charge in [0.2, 0.25) is 0 Å². The van der Waals surface area contributed by atoms with E-state index in [2.05, 4.69) is 5.32 Å². The molecule has 0 atom stereocenters. The van der Waals surface area contributed by atoms with Crippen molar-refractivity contribution >= 4 is 34.8 Å². The number of fused-ring (bicyclic) bond motifs is 1. The van der Waals surface area contributed by atoms with Gasteiger partial charge in [-0.05, 0) is 42.5 Å². The summed E-state index contributed by atoms with van der Waals surface area (Å²) < 4.78 is 19.5. The van der Waals surface area contributed by atoms with E-state index < -0.39 is 0 Å². The third kappa shape index (κ3) is 2.51. The van der Waals surface area contributed by atoms with Gasteiger partial charge >= 0.3 is 0 Å². The molecule has 1 N–H and O–H groups in total. The van der Waals surface area contributed by atoms with Crippen molar-refractivity contribution in [2.75, 3.05) is 5.32 Å². The number of nitrogens with one attached hydrogen (secondary N) is 1. The van der Waals surface area contributed by atoms with E-state index in [0.717, 1.165) is 5.56 Å². The topological polar surface area (TPSA) is 42.2 Å². The molecule has 4 rings (SSSR count). The van der Waals surface area contributed by atoms with Gasteiger partial charge in [0.25, 0.3) is 5.91 Å². The molecular weight excluding hydrogens is 329 g/mol. The van der Waals surface area contributed by atoms with Gasteiger partial charge in [0, 0.05) is 10.6 Å². The van der Waals surface area contributed by atoms with Crippen molar-refractivity contribution in [1.29, 1.82) is 0 Å². The van der Waals surface area contributed by atoms with Crippen LogP contribution in [0.2, 0.25) is 5.02 Å². The zero-order valence-corrected chi connectivity index (χ0v) is 13.1. The zero-order valence-electron chi connectivity index (χ0n) is 12.3. The Morgan fingerprint density at radius 1 is 1.04 bits per heavy atom. The molecule has 0 aliphatic carbocycles. The van der Waals surface area contributed by atoms with E-state index in [1.54, 1.807) is 54.6 Å².